The van der Waals surface area contributed by atoms with Crippen molar-refractivity contribution in [3.8, 4) is 0 Å². The molecular weight excluding hydrogens is 462 g/mol. The fourth-order valence-corrected chi connectivity index (χ4v) is 5.41. The van der Waals surface area contributed by atoms with Gasteiger partial charge in [0.25, 0.3) is 0 Å². The zero-order valence-corrected chi connectivity index (χ0v) is 18.7. The van der Waals surface area contributed by atoms with Crippen molar-refractivity contribution in [1.82, 2.24) is 9.88 Å². The Morgan fingerprint density at radius 3 is 2.64 bits per heavy atom. The second kappa shape index (κ2) is 9.02. The van der Waals surface area contributed by atoms with Crippen molar-refractivity contribution in [3.63, 3.8) is 0 Å². The number of nitrogens with zero attached hydrogens (tertiary/aromatic N) is 3. The molecule has 0 amide bonds. The van der Waals surface area contributed by atoms with Gasteiger partial charge in [-0.15, -0.1) is 11.3 Å². The molecule has 1 aromatic heterocycles. The van der Waals surface area contributed by atoms with Crippen molar-refractivity contribution in [2.24, 2.45) is 5.92 Å². The second-order valence-corrected chi connectivity index (χ2v) is 9.40. The summed E-state index contributed by atoms with van der Waals surface area (Å²) in [5.74, 6) is -4.98. The van der Waals surface area contributed by atoms with Crippen LogP contribution in [-0.2, 0) is 26.2 Å². The Kier molecular flexibility index (Phi) is 6.45. The Labute approximate surface area is 192 Å². The topological polar surface area (TPSA) is 62.7 Å². The summed E-state index contributed by atoms with van der Waals surface area (Å²) in [6, 6.07) is 4.81. The van der Waals surface area contributed by atoms with Crippen LogP contribution in [0.4, 0.5) is 23.2 Å². The summed E-state index contributed by atoms with van der Waals surface area (Å²) in [5, 5.41) is 1.71. The van der Waals surface area contributed by atoms with Gasteiger partial charge >= 0.3 is 18.1 Å². The summed E-state index contributed by atoms with van der Waals surface area (Å²) in [4.78, 5) is 31.8. The van der Waals surface area contributed by atoms with Crippen LogP contribution >= 0.6 is 11.3 Å². The van der Waals surface area contributed by atoms with Crippen molar-refractivity contribution >= 4 is 29.0 Å². The largest absolute Gasteiger partial charge is 0.491 e. The minimum absolute atomic E-state index is 0.0753. The molecule has 1 saturated heterocycles. The molecule has 0 saturated carbocycles. The fourth-order valence-electron chi connectivity index (χ4n) is 4.84. The van der Waals surface area contributed by atoms with Gasteiger partial charge in [0.2, 0.25) is 0 Å². The van der Waals surface area contributed by atoms with Crippen molar-refractivity contribution in [1.29, 1.82) is 0 Å². The highest BCUT2D eigenvalue weighted by Gasteiger charge is 2.45. The lowest BCUT2D eigenvalue weighted by molar-refractivity contribution is -0.203. The van der Waals surface area contributed by atoms with Gasteiger partial charge in [-0.3, -0.25) is 4.79 Å². The van der Waals surface area contributed by atoms with E-state index in [1.807, 2.05) is 11.9 Å². The molecule has 178 valence electrons. The smallest absolute Gasteiger partial charge is 0.386 e. The minimum atomic E-state index is -5.24. The molecule has 3 heterocycles. The first-order chi connectivity index (χ1) is 15.6. The quantitative estimate of drug-likeness (QED) is 0.367. The molecule has 0 aliphatic carbocycles. The van der Waals surface area contributed by atoms with Gasteiger partial charge in [-0.05, 0) is 49.7 Å². The third-order valence-corrected chi connectivity index (χ3v) is 7.11. The summed E-state index contributed by atoms with van der Waals surface area (Å²) >= 11 is 1.31. The summed E-state index contributed by atoms with van der Waals surface area (Å²) in [7, 11) is 1.97. The van der Waals surface area contributed by atoms with Crippen LogP contribution in [0.2, 0.25) is 0 Å². The van der Waals surface area contributed by atoms with E-state index >= 15 is 0 Å². The number of ether oxygens (including phenoxy) is 1. The van der Waals surface area contributed by atoms with E-state index in [4.69, 9.17) is 0 Å². The average molecular weight is 486 g/mol. The predicted octanol–water partition coefficient (Wildman–Crippen LogP) is 3.56. The van der Waals surface area contributed by atoms with E-state index in [1.54, 1.807) is 23.0 Å². The molecule has 33 heavy (non-hydrogen) atoms. The number of benzene rings is 1. The van der Waals surface area contributed by atoms with Gasteiger partial charge in [0.05, 0.1) is 17.1 Å². The minimum Gasteiger partial charge on any atom is -0.386 e. The number of carbonyl (C=O) groups is 2. The Bertz CT molecular complexity index is 1020. The molecule has 2 aliphatic heterocycles. The van der Waals surface area contributed by atoms with E-state index < -0.39 is 24.0 Å². The molecular formula is C22H23F4N3O3S. The van der Waals surface area contributed by atoms with Crippen molar-refractivity contribution < 1.29 is 31.9 Å². The fraction of sp³-hybridized carbons (Fsp3) is 0.500. The van der Waals surface area contributed by atoms with Crippen molar-refractivity contribution in [2.75, 3.05) is 38.1 Å². The van der Waals surface area contributed by atoms with Crippen LogP contribution in [0.15, 0.2) is 29.1 Å². The lowest BCUT2D eigenvalue weighted by Crippen LogP contribution is -2.47. The van der Waals surface area contributed by atoms with Crippen LogP contribution < -0.4 is 4.90 Å². The van der Waals surface area contributed by atoms with Crippen LogP contribution in [0.5, 0.6) is 0 Å². The number of likely N-dealkylation sites (tertiary alicyclic amines) is 1. The van der Waals surface area contributed by atoms with Crippen LogP contribution in [0.25, 0.3) is 0 Å². The van der Waals surface area contributed by atoms with Gasteiger partial charge in [-0.25, -0.2) is 14.2 Å². The number of hydrogen-bond donors (Lipinski definition) is 0. The number of alkyl halides is 3. The zero-order chi connectivity index (χ0) is 23.8. The maximum absolute atomic E-state index is 13.9. The van der Waals surface area contributed by atoms with Gasteiger partial charge in [0.15, 0.2) is 0 Å². The molecule has 2 aromatic rings. The van der Waals surface area contributed by atoms with Gasteiger partial charge < -0.3 is 14.5 Å². The Morgan fingerprint density at radius 1 is 1.27 bits per heavy atom. The van der Waals surface area contributed by atoms with E-state index in [0.29, 0.717) is 31.6 Å². The van der Waals surface area contributed by atoms with Gasteiger partial charge in [0.1, 0.15) is 5.82 Å². The maximum atomic E-state index is 13.9. The van der Waals surface area contributed by atoms with E-state index in [0.717, 1.165) is 17.8 Å². The monoisotopic (exact) mass is 485 g/mol. The molecule has 4 rings (SSSR count). The first kappa shape index (κ1) is 23.6. The normalized spacial score (nSPS) is 18.9. The number of fused-ring (bicyclic) bond motifs is 2. The van der Waals surface area contributed by atoms with Crippen LogP contribution in [0.3, 0.4) is 0 Å². The van der Waals surface area contributed by atoms with Gasteiger partial charge in [-0.1, -0.05) is 0 Å². The molecule has 0 N–H and O–H groups in total. The number of rotatable bonds is 5. The molecule has 1 unspecified atom stereocenters. The third-order valence-electron chi connectivity index (χ3n) is 6.47. The van der Waals surface area contributed by atoms with E-state index in [1.165, 1.54) is 17.4 Å². The number of carbonyl (C=O) groups excluding carboxylic acids is 2. The average Bonchev–Trinajstić information content (AvgIpc) is 3.35. The summed E-state index contributed by atoms with van der Waals surface area (Å²) < 4.78 is 55.8. The standard InChI is InChI=1S/C22H23F4N3O3S/c1-28-12-21(17-9-15(23)2-3-18(17)28)4-6-29(7-5-21)10-14(8-16-11-33-13-27-16)19(30)32-20(31)22(24,25)26/h2-3,9,11,13-14H,4-8,10,12H2,1H3. The summed E-state index contributed by atoms with van der Waals surface area (Å²) in [5.41, 5.74) is 3.88. The van der Waals surface area contributed by atoms with E-state index in [-0.39, 0.29) is 24.2 Å². The lowest BCUT2D eigenvalue weighted by atomic mass is 9.74. The molecule has 11 heteroatoms. The SMILES string of the molecule is CN1CC2(CCN(CC(Cc3cscn3)C(=O)OC(=O)C(F)(F)F)CC2)c2cc(F)ccc21. The second-order valence-electron chi connectivity index (χ2n) is 8.69. The summed E-state index contributed by atoms with van der Waals surface area (Å²) in [6.45, 7) is 2.06. The highest BCUT2D eigenvalue weighted by Crippen LogP contribution is 2.46. The number of thiazole rings is 1. The highest BCUT2D eigenvalue weighted by molar-refractivity contribution is 7.07. The molecule has 0 radical (unpaired) electrons. The number of halogens is 4. The predicted molar refractivity (Wildman–Crippen MR) is 113 cm³/mol. The third kappa shape index (κ3) is 5.03. The molecule has 2 aliphatic rings. The number of esters is 2. The Morgan fingerprint density at radius 2 is 2.00 bits per heavy atom. The van der Waals surface area contributed by atoms with Gasteiger partial charge in [0, 0.05) is 43.0 Å². The molecule has 6 nitrogen and oxygen atoms in total. The van der Waals surface area contributed by atoms with Crippen molar-refractivity contribution in [2.45, 2.75) is 30.9 Å². The van der Waals surface area contributed by atoms with Gasteiger partial charge in [-0.2, -0.15) is 13.2 Å². The van der Waals surface area contributed by atoms with Crippen LogP contribution in [0.1, 0.15) is 24.1 Å². The number of piperidine rings is 1. The lowest BCUT2D eigenvalue weighted by Gasteiger charge is -2.40. The summed E-state index contributed by atoms with van der Waals surface area (Å²) in [6.07, 6.45) is -3.73. The maximum Gasteiger partial charge on any atom is 0.491 e. The van der Waals surface area contributed by atoms with Crippen LogP contribution in [-0.4, -0.2) is 61.2 Å². The Hall–Kier alpha value is -2.53. The highest BCUT2D eigenvalue weighted by atomic mass is 32.1. The van der Waals surface area contributed by atoms with E-state index in [9.17, 15) is 27.2 Å². The number of hydrogen-bond acceptors (Lipinski definition) is 7. The number of likely N-dealkylation sites (N-methyl/N-ethyl adjacent to an activating group) is 1. The molecule has 1 spiro atoms. The molecule has 1 atom stereocenters. The zero-order valence-electron chi connectivity index (χ0n) is 17.9. The molecule has 1 aromatic carbocycles. The number of anilines is 1. The first-order valence-electron chi connectivity index (χ1n) is 10.5. The van der Waals surface area contributed by atoms with E-state index in [2.05, 4.69) is 14.6 Å². The van der Waals surface area contributed by atoms with Crippen LogP contribution in [0, 0.1) is 11.7 Å². The number of aromatic nitrogens is 1. The Balaban J connectivity index is 1.45. The molecule has 1 fully saturated rings. The van der Waals surface area contributed by atoms with Crippen molar-refractivity contribution in [3.05, 3.63) is 46.2 Å². The molecule has 0 bridgehead atoms. The first-order valence-corrected chi connectivity index (χ1v) is 11.5.